The predicted octanol–water partition coefficient (Wildman–Crippen LogP) is 3.95. The van der Waals surface area contributed by atoms with E-state index in [0.717, 1.165) is 15.9 Å². The zero-order valence-corrected chi connectivity index (χ0v) is 21.4. The lowest BCUT2D eigenvalue weighted by Crippen LogP contribution is -2.67. The van der Waals surface area contributed by atoms with Crippen molar-refractivity contribution >= 4 is 24.7 Å². The molecule has 1 aliphatic heterocycles. The summed E-state index contributed by atoms with van der Waals surface area (Å²) >= 11 is 0. The second-order valence-corrected chi connectivity index (χ2v) is 13.9. The molecule has 0 amide bonds. The molecule has 35 heavy (non-hydrogen) atoms. The molecular weight excluding hydrogens is 456 g/mol. The van der Waals surface area contributed by atoms with Crippen LogP contribution in [0.15, 0.2) is 103 Å². The number of aliphatic hydroxyl groups excluding tert-OH is 1. The number of benzene rings is 3. The molecule has 3 aromatic carbocycles. The fraction of sp³-hybridized carbons (Fsp3) is 0.276. The number of hydrogen-bond donors (Lipinski definition) is 1. The number of esters is 1. The van der Waals surface area contributed by atoms with Crippen LogP contribution < -0.4 is 10.4 Å². The minimum absolute atomic E-state index is 0.293. The molecule has 182 valence electrons. The molecule has 6 heteroatoms. The van der Waals surface area contributed by atoms with Gasteiger partial charge in [-0.25, -0.2) is 4.79 Å². The third kappa shape index (κ3) is 5.25. The van der Waals surface area contributed by atoms with Crippen LogP contribution in [0.2, 0.25) is 5.04 Å². The maximum Gasteiger partial charge on any atom is 0.334 e. The topological polar surface area (TPSA) is 65.0 Å². The molecule has 0 saturated heterocycles. The summed E-state index contributed by atoms with van der Waals surface area (Å²) in [7, 11) is -3.00. The van der Waals surface area contributed by atoms with Gasteiger partial charge in [-0.2, -0.15) is 0 Å². The van der Waals surface area contributed by atoms with Crippen LogP contribution in [0.5, 0.6) is 0 Å². The van der Waals surface area contributed by atoms with Gasteiger partial charge in [-0.3, -0.25) is 0 Å². The molecule has 0 aliphatic carbocycles. The van der Waals surface area contributed by atoms with Crippen molar-refractivity contribution < 1.29 is 23.8 Å². The van der Waals surface area contributed by atoms with E-state index >= 15 is 0 Å². The van der Waals surface area contributed by atoms with Crippen molar-refractivity contribution in [1.82, 2.24) is 0 Å². The molecule has 0 unspecified atom stereocenters. The summed E-state index contributed by atoms with van der Waals surface area (Å²) in [6.07, 6.45) is -0.217. The number of rotatable bonds is 8. The van der Waals surface area contributed by atoms with E-state index in [1.54, 1.807) is 0 Å². The molecule has 0 fully saturated rings. The van der Waals surface area contributed by atoms with Crippen molar-refractivity contribution in [1.29, 1.82) is 0 Å². The smallest absolute Gasteiger partial charge is 0.334 e. The van der Waals surface area contributed by atoms with Gasteiger partial charge in [0, 0.05) is 0 Å². The number of carbonyl (C=O) groups is 1. The first-order chi connectivity index (χ1) is 16.8. The Morgan fingerprint density at radius 2 is 1.37 bits per heavy atom. The molecule has 5 nitrogen and oxygen atoms in total. The number of ether oxygens (including phenoxy) is 2. The highest BCUT2D eigenvalue weighted by atomic mass is 28.4. The van der Waals surface area contributed by atoms with E-state index in [1.807, 2.05) is 66.7 Å². The Labute approximate surface area is 208 Å². The molecule has 1 heterocycles. The fourth-order valence-electron chi connectivity index (χ4n) is 4.62. The van der Waals surface area contributed by atoms with E-state index in [0.29, 0.717) is 12.4 Å². The van der Waals surface area contributed by atoms with E-state index in [2.05, 4.69) is 45.0 Å². The Kier molecular flexibility index (Phi) is 7.55. The highest BCUT2D eigenvalue weighted by Crippen LogP contribution is 2.39. The quantitative estimate of drug-likeness (QED) is 0.384. The van der Waals surface area contributed by atoms with Gasteiger partial charge in [0.15, 0.2) is 12.2 Å². The lowest BCUT2D eigenvalue weighted by Gasteiger charge is -2.45. The molecule has 0 aromatic heterocycles. The van der Waals surface area contributed by atoms with Gasteiger partial charge in [0.1, 0.15) is 5.76 Å². The van der Waals surface area contributed by atoms with E-state index in [9.17, 15) is 9.90 Å². The fourth-order valence-corrected chi connectivity index (χ4v) is 9.08. The molecule has 4 rings (SSSR count). The van der Waals surface area contributed by atoms with Crippen LogP contribution in [0.25, 0.3) is 0 Å². The summed E-state index contributed by atoms with van der Waals surface area (Å²) in [5.74, 6) is -0.151. The van der Waals surface area contributed by atoms with Gasteiger partial charge in [-0.1, -0.05) is 112 Å². The van der Waals surface area contributed by atoms with Crippen LogP contribution in [0.4, 0.5) is 0 Å². The van der Waals surface area contributed by atoms with Crippen LogP contribution in [0, 0.1) is 0 Å². The normalized spacial score (nSPS) is 18.5. The molecule has 0 radical (unpaired) electrons. The Morgan fingerprint density at radius 1 is 0.857 bits per heavy atom. The third-order valence-corrected chi connectivity index (χ3v) is 11.2. The van der Waals surface area contributed by atoms with Crippen molar-refractivity contribution in [3.63, 3.8) is 0 Å². The van der Waals surface area contributed by atoms with E-state index in [-0.39, 0.29) is 11.6 Å². The average Bonchev–Trinajstić information content (AvgIpc) is 2.87. The van der Waals surface area contributed by atoms with Crippen LogP contribution in [0.1, 0.15) is 26.3 Å². The predicted molar refractivity (Wildman–Crippen MR) is 139 cm³/mol. The van der Waals surface area contributed by atoms with Gasteiger partial charge in [0.05, 0.1) is 19.3 Å². The molecule has 1 aliphatic rings. The Hall–Kier alpha value is -3.19. The first kappa shape index (κ1) is 24.9. The van der Waals surface area contributed by atoms with Crippen molar-refractivity contribution in [2.75, 3.05) is 6.61 Å². The lowest BCUT2D eigenvalue weighted by molar-refractivity contribution is -0.160. The number of cyclic esters (lactones) is 1. The van der Waals surface area contributed by atoms with Gasteiger partial charge in [-0.05, 0) is 21.0 Å². The maximum absolute atomic E-state index is 12.5. The molecule has 0 saturated carbocycles. The van der Waals surface area contributed by atoms with Gasteiger partial charge < -0.3 is 19.0 Å². The zero-order chi connectivity index (χ0) is 24.9. The van der Waals surface area contributed by atoms with Crippen molar-refractivity contribution in [3.05, 3.63) is 108 Å². The monoisotopic (exact) mass is 488 g/mol. The minimum Gasteiger partial charge on any atom is -0.535 e. The standard InChI is InChI=1S/C29H32O5Si/c1-29(2,3)35(23-15-9-5-10-16-23,24-17-11-6-12-18-24)34-25-19-27(31)33-26(20-30)28(25)32-21-22-13-7-4-8-14-22/h4-19,26,28,30H,20-21H2,1-3H3/t26-,28+/m0/s1. The summed E-state index contributed by atoms with van der Waals surface area (Å²) in [5.41, 5.74) is 0.978. The molecule has 0 bridgehead atoms. The van der Waals surface area contributed by atoms with Gasteiger partial charge in [0.25, 0.3) is 0 Å². The third-order valence-electron chi connectivity index (χ3n) is 6.29. The van der Waals surface area contributed by atoms with E-state index in [4.69, 9.17) is 13.9 Å². The van der Waals surface area contributed by atoms with Crippen LogP contribution in [-0.2, 0) is 25.3 Å². The molecule has 3 aromatic rings. The van der Waals surface area contributed by atoms with E-state index in [1.165, 1.54) is 6.08 Å². The number of aliphatic hydroxyl groups is 1. The first-order valence-corrected chi connectivity index (χ1v) is 13.7. The van der Waals surface area contributed by atoms with Crippen molar-refractivity contribution in [2.45, 2.75) is 44.6 Å². The summed E-state index contributed by atoms with van der Waals surface area (Å²) in [5, 5.41) is 11.9. The van der Waals surface area contributed by atoms with Crippen LogP contribution in [0.3, 0.4) is 0 Å². The SMILES string of the molecule is CC(C)(C)[Si](OC1=CC(=O)O[C@@H](CO)[C@@H]1OCc1ccccc1)(c1ccccc1)c1ccccc1. The average molecular weight is 489 g/mol. The minimum atomic E-state index is -3.00. The lowest BCUT2D eigenvalue weighted by atomic mass is 10.1. The number of carbonyl (C=O) groups excluding carboxylic acids is 1. The van der Waals surface area contributed by atoms with Crippen LogP contribution >= 0.6 is 0 Å². The van der Waals surface area contributed by atoms with Crippen LogP contribution in [-0.4, -0.2) is 38.2 Å². The molecule has 1 N–H and O–H groups in total. The Bertz CT molecular complexity index is 1100. The largest absolute Gasteiger partial charge is 0.535 e. The summed E-state index contributed by atoms with van der Waals surface area (Å²) < 4.78 is 18.8. The zero-order valence-electron chi connectivity index (χ0n) is 20.4. The Balaban J connectivity index is 1.81. The first-order valence-electron chi connectivity index (χ1n) is 11.8. The maximum atomic E-state index is 12.5. The summed E-state index contributed by atoms with van der Waals surface area (Å²) in [6.45, 7) is 6.44. The van der Waals surface area contributed by atoms with Gasteiger partial charge in [0.2, 0.25) is 0 Å². The molecule has 2 atom stereocenters. The molecular formula is C29H32O5Si. The van der Waals surface area contributed by atoms with Gasteiger partial charge >= 0.3 is 14.3 Å². The Morgan fingerprint density at radius 3 is 1.86 bits per heavy atom. The summed E-state index contributed by atoms with van der Waals surface area (Å²) in [6, 6.07) is 30.2. The highest BCUT2D eigenvalue weighted by molar-refractivity contribution is 6.99. The van der Waals surface area contributed by atoms with Crippen molar-refractivity contribution in [2.24, 2.45) is 0 Å². The second-order valence-electron chi connectivity index (χ2n) is 9.69. The van der Waals surface area contributed by atoms with Gasteiger partial charge in [-0.15, -0.1) is 0 Å². The second kappa shape index (κ2) is 10.6. The van der Waals surface area contributed by atoms with Crippen molar-refractivity contribution in [3.8, 4) is 0 Å². The van der Waals surface area contributed by atoms with E-state index < -0.39 is 26.5 Å². The summed E-state index contributed by atoms with van der Waals surface area (Å²) in [4.78, 5) is 12.5. The highest BCUT2D eigenvalue weighted by Gasteiger charge is 2.54. The number of hydrogen-bond acceptors (Lipinski definition) is 5. The molecule has 0 spiro atoms.